The van der Waals surface area contributed by atoms with Gasteiger partial charge in [0.05, 0.1) is 11.0 Å². The summed E-state index contributed by atoms with van der Waals surface area (Å²) in [6.07, 6.45) is 0.778. The van der Waals surface area contributed by atoms with Gasteiger partial charge in [-0.2, -0.15) is 4.31 Å². The van der Waals surface area contributed by atoms with Gasteiger partial charge in [-0.05, 0) is 51.0 Å². The maximum Gasteiger partial charge on any atom is 0.243 e. The first-order valence-corrected chi connectivity index (χ1v) is 8.27. The SMILES string of the molecule is Cc1cc(S(=O)(=O)N2CCC(N)C2)ccc1OC(C)C.Cl. The Kier molecular flexibility index (Phi) is 6.04. The Labute approximate surface area is 132 Å². The zero-order chi connectivity index (χ0) is 14.9. The van der Waals surface area contributed by atoms with E-state index in [1.807, 2.05) is 20.8 Å². The van der Waals surface area contributed by atoms with Crippen molar-refractivity contribution < 1.29 is 13.2 Å². The molecule has 2 rings (SSSR count). The van der Waals surface area contributed by atoms with E-state index in [9.17, 15) is 8.42 Å². The van der Waals surface area contributed by atoms with Crippen molar-refractivity contribution >= 4 is 22.4 Å². The molecule has 7 heteroatoms. The van der Waals surface area contributed by atoms with Crippen LogP contribution in [0.5, 0.6) is 5.75 Å². The summed E-state index contributed by atoms with van der Waals surface area (Å²) in [6, 6.07) is 4.92. The molecule has 0 amide bonds. The quantitative estimate of drug-likeness (QED) is 0.913. The molecule has 1 aliphatic rings. The second kappa shape index (κ2) is 6.96. The molecule has 2 N–H and O–H groups in total. The minimum absolute atomic E-state index is 0. The van der Waals surface area contributed by atoms with Crippen molar-refractivity contribution in [1.82, 2.24) is 4.31 Å². The molecular formula is C14H23ClN2O3S. The van der Waals surface area contributed by atoms with E-state index < -0.39 is 10.0 Å². The van der Waals surface area contributed by atoms with Crippen LogP contribution >= 0.6 is 12.4 Å². The summed E-state index contributed by atoms with van der Waals surface area (Å²) in [6.45, 7) is 6.62. The number of nitrogens with two attached hydrogens (primary N) is 1. The topological polar surface area (TPSA) is 72.6 Å². The average Bonchev–Trinajstić information content (AvgIpc) is 2.78. The zero-order valence-electron chi connectivity index (χ0n) is 12.6. The number of ether oxygens (including phenoxy) is 1. The van der Waals surface area contributed by atoms with E-state index in [0.717, 1.165) is 11.3 Å². The van der Waals surface area contributed by atoms with E-state index in [4.69, 9.17) is 10.5 Å². The summed E-state index contributed by atoms with van der Waals surface area (Å²) in [4.78, 5) is 0.306. The van der Waals surface area contributed by atoms with E-state index in [0.29, 0.717) is 24.4 Å². The molecule has 1 aliphatic heterocycles. The van der Waals surface area contributed by atoms with Gasteiger partial charge in [0, 0.05) is 19.1 Å². The number of rotatable bonds is 4. The third kappa shape index (κ3) is 4.10. The Morgan fingerprint density at radius 1 is 1.38 bits per heavy atom. The monoisotopic (exact) mass is 334 g/mol. The van der Waals surface area contributed by atoms with Crippen LogP contribution < -0.4 is 10.5 Å². The molecule has 1 fully saturated rings. The van der Waals surface area contributed by atoms with Gasteiger partial charge < -0.3 is 10.5 Å². The lowest BCUT2D eigenvalue weighted by Gasteiger charge is -2.18. The lowest BCUT2D eigenvalue weighted by molar-refractivity contribution is 0.240. The highest BCUT2D eigenvalue weighted by Crippen LogP contribution is 2.26. The van der Waals surface area contributed by atoms with Crippen LogP contribution in [0.4, 0.5) is 0 Å². The van der Waals surface area contributed by atoms with E-state index in [2.05, 4.69) is 0 Å². The molecule has 0 bridgehead atoms. The first-order chi connectivity index (χ1) is 9.30. The molecule has 0 aliphatic carbocycles. The summed E-state index contributed by atoms with van der Waals surface area (Å²) in [5.41, 5.74) is 6.61. The average molecular weight is 335 g/mol. The standard InChI is InChI=1S/C14H22N2O3S.ClH/c1-10(2)19-14-5-4-13(8-11(14)3)20(17,18)16-7-6-12(15)9-16;/h4-5,8,10,12H,6-7,9,15H2,1-3H3;1H. The van der Waals surface area contributed by atoms with E-state index in [1.165, 1.54) is 4.31 Å². The van der Waals surface area contributed by atoms with E-state index in [-0.39, 0.29) is 24.6 Å². The second-order valence-electron chi connectivity index (χ2n) is 5.51. The predicted molar refractivity (Wildman–Crippen MR) is 85.5 cm³/mol. The first kappa shape index (κ1) is 18.2. The summed E-state index contributed by atoms with van der Waals surface area (Å²) >= 11 is 0. The van der Waals surface area contributed by atoms with E-state index in [1.54, 1.807) is 18.2 Å². The molecule has 1 aromatic carbocycles. The highest BCUT2D eigenvalue weighted by atomic mass is 35.5. The van der Waals surface area contributed by atoms with Crippen LogP contribution in [0.25, 0.3) is 0 Å². The summed E-state index contributed by atoms with van der Waals surface area (Å²) < 4.78 is 32.1. The minimum atomic E-state index is -3.44. The van der Waals surface area contributed by atoms with Crippen LogP contribution in [0.1, 0.15) is 25.8 Å². The van der Waals surface area contributed by atoms with Crippen LogP contribution in [-0.2, 0) is 10.0 Å². The lowest BCUT2D eigenvalue weighted by atomic mass is 10.2. The Bertz CT molecular complexity index is 590. The molecule has 120 valence electrons. The molecule has 1 saturated heterocycles. The zero-order valence-corrected chi connectivity index (χ0v) is 14.2. The number of hydrogen-bond donors (Lipinski definition) is 1. The van der Waals surface area contributed by atoms with Gasteiger partial charge >= 0.3 is 0 Å². The third-order valence-corrected chi connectivity index (χ3v) is 5.20. The van der Waals surface area contributed by atoms with Gasteiger partial charge in [-0.3, -0.25) is 0 Å². The Morgan fingerprint density at radius 3 is 2.52 bits per heavy atom. The third-order valence-electron chi connectivity index (χ3n) is 3.33. The highest BCUT2D eigenvalue weighted by molar-refractivity contribution is 7.89. The maximum atomic E-state index is 12.5. The summed E-state index contributed by atoms with van der Waals surface area (Å²) in [5.74, 6) is 0.720. The Hall–Kier alpha value is -0.820. The number of sulfonamides is 1. The molecule has 5 nitrogen and oxygen atoms in total. The number of hydrogen-bond acceptors (Lipinski definition) is 4. The van der Waals surface area contributed by atoms with Gasteiger partial charge in [0.25, 0.3) is 0 Å². The number of halogens is 1. The maximum absolute atomic E-state index is 12.5. The fraction of sp³-hybridized carbons (Fsp3) is 0.571. The smallest absolute Gasteiger partial charge is 0.243 e. The Balaban J connectivity index is 0.00000220. The predicted octanol–water partition coefficient (Wildman–Crippen LogP) is 1.93. The largest absolute Gasteiger partial charge is 0.491 e. The minimum Gasteiger partial charge on any atom is -0.491 e. The van der Waals surface area contributed by atoms with Gasteiger partial charge in [-0.15, -0.1) is 12.4 Å². The van der Waals surface area contributed by atoms with Gasteiger partial charge in [-0.1, -0.05) is 0 Å². The normalized spacial score (nSPS) is 19.6. The van der Waals surface area contributed by atoms with Crippen molar-refractivity contribution in [3.05, 3.63) is 23.8 Å². The van der Waals surface area contributed by atoms with Crippen molar-refractivity contribution in [2.75, 3.05) is 13.1 Å². The van der Waals surface area contributed by atoms with Crippen LogP contribution in [0, 0.1) is 6.92 Å². The van der Waals surface area contributed by atoms with Crippen LogP contribution in [0.3, 0.4) is 0 Å². The number of nitrogens with zero attached hydrogens (tertiary/aromatic N) is 1. The fourth-order valence-electron chi connectivity index (χ4n) is 2.29. The second-order valence-corrected chi connectivity index (χ2v) is 7.44. The molecule has 1 atom stereocenters. The van der Waals surface area contributed by atoms with Crippen molar-refractivity contribution in [1.29, 1.82) is 0 Å². The fourth-order valence-corrected chi connectivity index (χ4v) is 3.89. The number of benzene rings is 1. The van der Waals surface area contributed by atoms with Crippen molar-refractivity contribution in [2.45, 2.75) is 44.2 Å². The molecule has 21 heavy (non-hydrogen) atoms. The molecule has 0 radical (unpaired) electrons. The van der Waals surface area contributed by atoms with Crippen LogP contribution in [-0.4, -0.2) is 38.0 Å². The lowest BCUT2D eigenvalue weighted by Crippen LogP contribution is -2.32. The molecule has 1 aromatic rings. The van der Waals surface area contributed by atoms with Crippen LogP contribution in [0.2, 0.25) is 0 Å². The summed E-state index contributed by atoms with van der Waals surface area (Å²) in [7, 11) is -3.44. The van der Waals surface area contributed by atoms with E-state index >= 15 is 0 Å². The van der Waals surface area contributed by atoms with Gasteiger partial charge in [0.1, 0.15) is 5.75 Å². The first-order valence-electron chi connectivity index (χ1n) is 6.83. The van der Waals surface area contributed by atoms with Crippen molar-refractivity contribution in [2.24, 2.45) is 5.73 Å². The van der Waals surface area contributed by atoms with Gasteiger partial charge in [0.2, 0.25) is 10.0 Å². The molecule has 0 aromatic heterocycles. The molecule has 1 unspecified atom stereocenters. The van der Waals surface area contributed by atoms with Crippen molar-refractivity contribution in [3.8, 4) is 5.75 Å². The number of aryl methyl sites for hydroxylation is 1. The Morgan fingerprint density at radius 2 is 2.05 bits per heavy atom. The summed E-state index contributed by atoms with van der Waals surface area (Å²) in [5, 5.41) is 0. The molecular weight excluding hydrogens is 312 g/mol. The van der Waals surface area contributed by atoms with Gasteiger partial charge in [0.15, 0.2) is 0 Å². The van der Waals surface area contributed by atoms with Crippen molar-refractivity contribution in [3.63, 3.8) is 0 Å². The molecule has 0 saturated carbocycles. The molecule has 1 heterocycles. The molecule has 0 spiro atoms. The highest BCUT2D eigenvalue weighted by Gasteiger charge is 2.31. The van der Waals surface area contributed by atoms with Gasteiger partial charge in [-0.25, -0.2) is 8.42 Å². The van der Waals surface area contributed by atoms with Crippen LogP contribution in [0.15, 0.2) is 23.1 Å².